The minimum absolute atomic E-state index is 0.123. The molecule has 1 amide bonds. The number of hydrogen-bond donors (Lipinski definition) is 1. The maximum atomic E-state index is 13.1. The van der Waals surface area contributed by atoms with Crippen molar-refractivity contribution in [3.05, 3.63) is 90.7 Å². The Kier molecular flexibility index (Phi) is 9.04. The number of likely N-dealkylation sites (N-methyl/N-ethyl adjacent to an activating group) is 1. The molecule has 0 saturated carbocycles. The zero-order valence-electron chi connectivity index (χ0n) is 20.2. The first-order valence-electron chi connectivity index (χ1n) is 11.3. The van der Waals surface area contributed by atoms with E-state index >= 15 is 0 Å². The van der Waals surface area contributed by atoms with Crippen LogP contribution in [0.15, 0.2) is 69.0 Å². The van der Waals surface area contributed by atoms with Gasteiger partial charge in [0.15, 0.2) is 16.7 Å². The van der Waals surface area contributed by atoms with Crippen LogP contribution in [0.4, 0.5) is 5.69 Å². The third kappa shape index (κ3) is 6.35. The number of ether oxygens (including phenoxy) is 2. The number of aliphatic imine (C=N–C) groups is 1. The molecule has 0 spiro atoms. The Bertz CT molecular complexity index is 1480. The lowest BCUT2D eigenvalue weighted by molar-refractivity contribution is -0.122. The van der Waals surface area contributed by atoms with Crippen molar-refractivity contribution < 1.29 is 24.2 Å². The van der Waals surface area contributed by atoms with Crippen LogP contribution in [0.1, 0.15) is 28.4 Å². The molecule has 1 N–H and O–H groups in total. The van der Waals surface area contributed by atoms with Crippen molar-refractivity contribution in [3.8, 4) is 11.5 Å². The van der Waals surface area contributed by atoms with Crippen LogP contribution in [-0.4, -0.2) is 40.7 Å². The maximum absolute atomic E-state index is 13.1. The molecule has 1 aliphatic rings. The fourth-order valence-corrected chi connectivity index (χ4v) is 5.69. The summed E-state index contributed by atoms with van der Waals surface area (Å²) >= 11 is 17.0. The Morgan fingerprint density at radius 2 is 1.97 bits per heavy atom. The fourth-order valence-electron chi connectivity index (χ4n) is 3.59. The number of carbonyl (C=O) groups is 2. The summed E-state index contributed by atoms with van der Waals surface area (Å²) in [5.41, 5.74) is 2.06. The van der Waals surface area contributed by atoms with E-state index in [0.29, 0.717) is 53.9 Å². The van der Waals surface area contributed by atoms with Crippen molar-refractivity contribution in [1.29, 1.82) is 0 Å². The summed E-state index contributed by atoms with van der Waals surface area (Å²) in [5, 5.41) is 10.8. The van der Waals surface area contributed by atoms with E-state index in [1.807, 2.05) is 13.0 Å². The number of nitrogens with zero attached hydrogens (tertiary/aromatic N) is 2. The third-order valence-corrected chi connectivity index (χ3v) is 7.64. The lowest BCUT2D eigenvalue weighted by atomic mass is 10.1. The summed E-state index contributed by atoms with van der Waals surface area (Å²) in [6.07, 6.45) is 1.75. The molecule has 7 nitrogen and oxygen atoms in total. The predicted octanol–water partition coefficient (Wildman–Crippen LogP) is 7.67. The Morgan fingerprint density at radius 1 is 1.18 bits per heavy atom. The molecule has 1 fully saturated rings. The lowest BCUT2D eigenvalue weighted by Crippen LogP contribution is -2.28. The largest absolute Gasteiger partial charge is 0.493 e. The van der Waals surface area contributed by atoms with Crippen molar-refractivity contribution in [3.63, 3.8) is 0 Å². The molecule has 0 unspecified atom stereocenters. The first-order valence-corrected chi connectivity index (χ1v) is 13.6. The summed E-state index contributed by atoms with van der Waals surface area (Å²) in [4.78, 5) is 31.0. The Labute approximate surface area is 242 Å². The second-order valence-electron chi connectivity index (χ2n) is 7.97. The van der Waals surface area contributed by atoms with E-state index in [0.717, 1.165) is 5.56 Å². The molecule has 0 radical (unpaired) electrons. The summed E-state index contributed by atoms with van der Waals surface area (Å²) in [6.45, 7) is 2.46. The number of carboxylic acids is 1. The summed E-state index contributed by atoms with van der Waals surface area (Å²) in [6, 6.07) is 15.0. The quantitative estimate of drug-likeness (QED) is 0.256. The normalized spacial score (nSPS) is 15.4. The van der Waals surface area contributed by atoms with E-state index in [1.165, 1.54) is 31.0 Å². The summed E-state index contributed by atoms with van der Waals surface area (Å²) < 4.78 is 12.2. The minimum atomic E-state index is -1.04. The van der Waals surface area contributed by atoms with Crippen molar-refractivity contribution in [2.24, 2.45) is 4.99 Å². The zero-order chi connectivity index (χ0) is 27.4. The molecule has 0 atom stereocenters. The molecule has 1 aliphatic heterocycles. The van der Waals surface area contributed by atoms with E-state index < -0.39 is 5.97 Å². The molecule has 1 saturated heterocycles. The molecular weight excluding hydrogens is 615 g/mol. The number of rotatable bonds is 8. The molecular formula is C27H21BrCl2N2O5S. The standard InChI is InChI=1S/C27H21BrCl2N2O5S/c1-3-32-25(33)23(38-27(32)31-19-6-4-5-16(12-19)26(34)35)11-15-9-20(28)24(22(10-15)36-2)37-14-17-7-8-18(29)13-21(17)30/h4-13H,3,14H2,1-2H3,(H,34,35). The fraction of sp³-hybridized carbons (Fsp3) is 0.148. The van der Waals surface area contributed by atoms with E-state index in [4.69, 9.17) is 32.7 Å². The maximum Gasteiger partial charge on any atom is 0.335 e. The highest BCUT2D eigenvalue weighted by Crippen LogP contribution is 2.40. The molecule has 38 heavy (non-hydrogen) atoms. The molecule has 196 valence electrons. The number of hydrogen-bond acceptors (Lipinski definition) is 6. The van der Waals surface area contributed by atoms with Gasteiger partial charge in [-0.3, -0.25) is 9.69 Å². The highest BCUT2D eigenvalue weighted by molar-refractivity contribution is 9.10. The molecule has 0 aromatic heterocycles. The van der Waals surface area contributed by atoms with Gasteiger partial charge in [-0.25, -0.2) is 9.79 Å². The number of methoxy groups -OCH3 is 1. The van der Waals surface area contributed by atoms with Gasteiger partial charge in [0, 0.05) is 22.2 Å². The van der Waals surface area contributed by atoms with Crippen LogP contribution < -0.4 is 9.47 Å². The second kappa shape index (κ2) is 12.3. The molecule has 1 heterocycles. The minimum Gasteiger partial charge on any atom is -0.493 e. The molecule has 0 aliphatic carbocycles. The molecule has 0 bridgehead atoms. The van der Waals surface area contributed by atoms with Crippen molar-refractivity contribution in [1.82, 2.24) is 4.90 Å². The number of amidine groups is 1. The van der Waals surface area contributed by atoms with Gasteiger partial charge in [-0.05, 0) is 88.7 Å². The number of carboxylic acid groups (broad SMARTS) is 1. The van der Waals surface area contributed by atoms with Crippen molar-refractivity contribution in [2.75, 3.05) is 13.7 Å². The molecule has 11 heteroatoms. The van der Waals surface area contributed by atoms with Gasteiger partial charge in [0.1, 0.15) is 6.61 Å². The number of amides is 1. The number of thioether (sulfide) groups is 1. The first kappa shape index (κ1) is 28.0. The lowest BCUT2D eigenvalue weighted by Gasteiger charge is -2.14. The Hall–Kier alpha value is -2.98. The van der Waals surface area contributed by atoms with Crippen LogP contribution in [0.3, 0.4) is 0 Å². The van der Waals surface area contributed by atoms with Crippen LogP contribution in [0.2, 0.25) is 10.0 Å². The van der Waals surface area contributed by atoms with E-state index in [2.05, 4.69) is 20.9 Å². The Morgan fingerprint density at radius 3 is 2.66 bits per heavy atom. The van der Waals surface area contributed by atoms with Gasteiger partial charge in [0.05, 0.1) is 27.7 Å². The smallest absolute Gasteiger partial charge is 0.335 e. The summed E-state index contributed by atoms with van der Waals surface area (Å²) in [7, 11) is 1.53. The average molecular weight is 636 g/mol. The van der Waals surface area contributed by atoms with Gasteiger partial charge in [-0.15, -0.1) is 0 Å². The summed E-state index contributed by atoms with van der Waals surface area (Å²) in [5.74, 6) is -0.280. The molecule has 3 aromatic rings. The van der Waals surface area contributed by atoms with Crippen LogP contribution in [0, 0.1) is 0 Å². The first-order chi connectivity index (χ1) is 18.2. The van der Waals surface area contributed by atoms with Gasteiger partial charge >= 0.3 is 5.97 Å². The van der Waals surface area contributed by atoms with Crippen LogP contribution in [-0.2, 0) is 11.4 Å². The molecule has 3 aromatic carbocycles. The second-order valence-corrected chi connectivity index (χ2v) is 10.7. The SMILES string of the molecule is CCN1C(=O)C(=Cc2cc(Br)c(OCc3ccc(Cl)cc3Cl)c(OC)c2)SC1=Nc1cccc(C(=O)O)c1. The van der Waals surface area contributed by atoms with Gasteiger partial charge in [-0.1, -0.05) is 35.3 Å². The van der Waals surface area contributed by atoms with Gasteiger partial charge in [-0.2, -0.15) is 0 Å². The van der Waals surface area contributed by atoms with Crippen LogP contribution in [0.5, 0.6) is 11.5 Å². The van der Waals surface area contributed by atoms with Gasteiger partial charge in [0.2, 0.25) is 0 Å². The van der Waals surface area contributed by atoms with Crippen LogP contribution >= 0.6 is 50.9 Å². The van der Waals surface area contributed by atoms with Crippen LogP contribution in [0.25, 0.3) is 6.08 Å². The Balaban J connectivity index is 1.60. The number of carbonyl (C=O) groups excluding carboxylic acids is 1. The topological polar surface area (TPSA) is 88.4 Å². The monoisotopic (exact) mass is 634 g/mol. The average Bonchev–Trinajstić information content (AvgIpc) is 3.17. The van der Waals surface area contributed by atoms with Gasteiger partial charge in [0.25, 0.3) is 5.91 Å². The zero-order valence-corrected chi connectivity index (χ0v) is 24.1. The van der Waals surface area contributed by atoms with E-state index in [-0.39, 0.29) is 18.1 Å². The predicted molar refractivity (Wildman–Crippen MR) is 155 cm³/mol. The number of benzene rings is 3. The highest BCUT2D eigenvalue weighted by atomic mass is 79.9. The van der Waals surface area contributed by atoms with E-state index in [1.54, 1.807) is 47.4 Å². The van der Waals surface area contributed by atoms with Crippen molar-refractivity contribution in [2.45, 2.75) is 13.5 Å². The highest BCUT2D eigenvalue weighted by Gasteiger charge is 2.32. The number of aromatic carboxylic acids is 1. The van der Waals surface area contributed by atoms with Crippen molar-refractivity contribution >= 4 is 79.7 Å². The van der Waals surface area contributed by atoms with Gasteiger partial charge < -0.3 is 14.6 Å². The molecule has 4 rings (SSSR count). The third-order valence-electron chi connectivity index (χ3n) is 5.46. The van der Waals surface area contributed by atoms with E-state index in [9.17, 15) is 14.7 Å². The number of halogens is 3.